The van der Waals surface area contributed by atoms with Crippen molar-refractivity contribution in [2.45, 2.75) is 12.0 Å². The van der Waals surface area contributed by atoms with Gasteiger partial charge in [0, 0.05) is 5.56 Å². The van der Waals surface area contributed by atoms with E-state index in [2.05, 4.69) is 77.8 Å². The Morgan fingerprint density at radius 1 is 0.641 bits per heavy atom. The van der Waals surface area contributed by atoms with Crippen LogP contribution < -0.4 is 4.74 Å². The Kier molecular flexibility index (Phi) is 6.67. The fourth-order valence-electron chi connectivity index (χ4n) is 5.18. The Balaban J connectivity index is 1.47. The molecule has 39 heavy (non-hydrogen) atoms. The molecule has 0 amide bonds. The summed E-state index contributed by atoms with van der Waals surface area (Å²) in [5.74, 6) is 1.58. The van der Waals surface area contributed by atoms with E-state index in [0.717, 1.165) is 28.1 Å². The van der Waals surface area contributed by atoms with E-state index in [9.17, 15) is 5.11 Å². The zero-order valence-electron chi connectivity index (χ0n) is 21.4. The molecule has 0 aliphatic heterocycles. The molecule has 2 N–H and O–H groups in total. The van der Waals surface area contributed by atoms with Gasteiger partial charge in [0.25, 0.3) is 0 Å². The van der Waals surface area contributed by atoms with E-state index in [4.69, 9.17) is 9.72 Å². The number of nitrogens with one attached hydrogen (secondary N) is 1. The number of hydrogen-bond donors (Lipinski definition) is 2. The maximum Gasteiger partial charge on any atom is 0.126 e. The number of ether oxygens (including phenoxy) is 1. The molecule has 0 atom stereocenters. The Bertz CT molecular complexity index is 1550. The molecule has 190 valence electrons. The van der Waals surface area contributed by atoms with Crippen molar-refractivity contribution in [3.8, 4) is 22.8 Å². The summed E-state index contributed by atoms with van der Waals surface area (Å²) in [7, 11) is 0. The largest absolute Gasteiger partial charge is 0.507 e. The topological polar surface area (TPSA) is 58.1 Å². The van der Waals surface area contributed by atoms with Crippen LogP contribution in [0.5, 0.6) is 11.5 Å². The van der Waals surface area contributed by atoms with Gasteiger partial charge in [0.1, 0.15) is 29.3 Å². The predicted molar refractivity (Wildman–Crippen MR) is 155 cm³/mol. The molecule has 1 aromatic heterocycles. The number of phenols is 1. The summed E-state index contributed by atoms with van der Waals surface area (Å²) < 4.78 is 6.05. The molecule has 4 nitrogen and oxygen atoms in total. The van der Waals surface area contributed by atoms with Crippen LogP contribution in [0.3, 0.4) is 0 Å². The van der Waals surface area contributed by atoms with Crippen molar-refractivity contribution < 1.29 is 9.84 Å². The lowest BCUT2D eigenvalue weighted by molar-refractivity contribution is 0.306. The summed E-state index contributed by atoms with van der Waals surface area (Å²) in [5, 5.41) is 10.8. The molecular weight excluding hydrogens is 480 g/mol. The van der Waals surface area contributed by atoms with Crippen molar-refractivity contribution in [3.63, 3.8) is 0 Å². The first-order chi connectivity index (χ1) is 19.2. The maximum atomic E-state index is 10.8. The highest BCUT2D eigenvalue weighted by atomic mass is 16.5. The van der Waals surface area contributed by atoms with Gasteiger partial charge in [-0.15, -0.1) is 0 Å². The van der Waals surface area contributed by atoms with Gasteiger partial charge in [-0.3, -0.25) is 0 Å². The predicted octanol–water partition coefficient (Wildman–Crippen LogP) is 7.74. The summed E-state index contributed by atoms with van der Waals surface area (Å²) >= 11 is 0. The number of benzene rings is 5. The average Bonchev–Trinajstić information content (AvgIpc) is 3.50. The lowest BCUT2D eigenvalue weighted by atomic mass is 9.69. The second kappa shape index (κ2) is 10.7. The molecule has 0 unspecified atom stereocenters. The van der Waals surface area contributed by atoms with Gasteiger partial charge >= 0.3 is 0 Å². The van der Waals surface area contributed by atoms with Gasteiger partial charge in [-0.1, -0.05) is 121 Å². The number of aromatic hydroxyl groups is 1. The highest BCUT2D eigenvalue weighted by molar-refractivity contribution is 5.69. The summed E-state index contributed by atoms with van der Waals surface area (Å²) in [6, 6.07) is 46.5. The summed E-state index contributed by atoms with van der Waals surface area (Å²) in [5.41, 5.74) is 4.99. The van der Waals surface area contributed by atoms with Crippen molar-refractivity contribution in [3.05, 3.63) is 174 Å². The number of hydrogen-bond acceptors (Lipinski definition) is 3. The second-order valence-electron chi connectivity index (χ2n) is 9.45. The number of nitrogens with zero attached hydrogens (tertiary/aromatic N) is 1. The third kappa shape index (κ3) is 4.69. The van der Waals surface area contributed by atoms with Crippen LogP contribution >= 0.6 is 0 Å². The summed E-state index contributed by atoms with van der Waals surface area (Å²) in [6.45, 7) is 0.443. The van der Waals surface area contributed by atoms with E-state index < -0.39 is 5.41 Å². The fraction of sp³-hybridized carbons (Fsp3) is 0.0571. The number of rotatable bonds is 8. The third-order valence-electron chi connectivity index (χ3n) is 7.06. The first-order valence-corrected chi connectivity index (χ1v) is 13.0. The van der Waals surface area contributed by atoms with Gasteiger partial charge < -0.3 is 14.8 Å². The summed E-state index contributed by atoms with van der Waals surface area (Å²) in [4.78, 5) is 8.53. The highest BCUT2D eigenvalue weighted by Gasteiger charge is 2.41. The SMILES string of the molecule is Oc1ccc(OCc2ccccc2)cc1-c1cnc(C(c2ccccc2)(c2ccccc2)c2ccccc2)[nH]1. The zero-order valence-corrected chi connectivity index (χ0v) is 21.4. The minimum Gasteiger partial charge on any atom is -0.507 e. The molecule has 0 radical (unpaired) electrons. The molecule has 0 aliphatic rings. The molecular formula is C35H28N2O2. The zero-order chi connectivity index (χ0) is 26.5. The molecule has 1 heterocycles. The smallest absolute Gasteiger partial charge is 0.126 e. The first-order valence-electron chi connectivity index (χ1n) is 13.0. The number of imidazole rings is 1. The van der Waals surface area contributed by atoms with Crippen molar-refractivity contribution in [1.29, 1.82) is 0 Å². The molecule has 0 fully saturated rings. The quantitative estimate of drug-likeness (QED) is 0.207. The fourth-order valence-corrected chi connectivity index (χ4v) is 5.18. The third-order valence-corrected chi connectivity index (χ3v) is 7.06. The lowest BCUT2D eigenvalue weighted by Gasteiger charge is -2.34. The second-order valence-corrected chi connectivity index (χ2v) is 9.45. The average molecular weight is 509 g/mol. The van der Waals surface area contributed by atoms with Crippen LogP contribution in [0.15, 0.2) is 146 Å². The van der Waals surface area contributed by atoms with Crippen molar-refractivity contribution >= 4 is 0 Å². The van der Waals surface area contributed by atoms with Gasteiger partial charge in [0.15, 0.2) is 0 Å². The van der Waals surface area contributed by atoms with E-state index in [0.29, 0.717) is 23.6 Å². The number of H-pyrrole nitrogens is 1. The normalized spacial score (nSPS) is 11.3. The van der Waals surface area contributed by atoms with Crippen LogP contribution in [0.1, 0.15) is 28.1 Å². The Morgan fingerprint density at radius 2 is 1.15 bits per heavy atom. The van der Waals surface area contributed by atoms with Gasteiger partial charge in [-0.25, -0.2) is 4.98 Å². The van der Waals surface area contributed by atoms with E-state index in [1.54, 1.807) is 18.3 Å². The van der Waals surface area contributed by atoms with Crippen LogP contribution in [0.4, 0.5) is 0 Å². The van der Waals surface area contributed by atoms with Gasteiger partial charge in [-0.2, -0.15) is 0 Å². The van der Waals surface area contributed by atoms with Crippen LogP contribution in [-0.2, 0) is 12.0 Å². The molecule has 0 aliphatic carbocycles. The van der Waals surface area contributed by atoms with E-state index in [-0.39, 0.29) is 5.75 Å². The van der Waals surface area contributed by atoms with E-state index >= 15 is 0 Å². The Labute approximate surface area is 228 Å². The Morgan fingerprint density at radius 3 is 1.69 bits per heavy atom. The van der Waals surface area contributed by atoms with Crippen LogP contribution in [0.25, 0.3) is 11.3 Å². The van der Waals surface area contributed by atoms with E-state index in [1.807, 2.05) is 54.6 Å². The van der Waals surface area contributed by atoms with Gasteiger partial charge in [0.05, 0.1) is 11.9 Å². The molecule has 6 rings (SSSR count). The summed E-state index contributed by atoms with van der Waals surface area (Å²) in [6.07, 6.45) is 1.79. The van der Waals surface area contributed by atoms with Crippen molar-refractivity contribution in [2.24, 2.45) is 0 Å². The van der Waals surface area contributed by atoms with Crippen molar-refractivity contribution in [1.82, 2.24) is 9.97 Å². The number of phenolic OH excluding ortho intramolecular Hbond substituents is 1. The van der Waals surface area contributed by atoms with Crippen LogP contribution in [0.2, 0.25) is 0 Å². The molecule has 0 saturated carbocycles. The van der Waals surface area contributed by atoms with Gasteiger partial charge in [0.2, 0.25) is 0 Å². The van der Waals surface area contributed by atoms with Gasteiger partial charge in [-0.05, 0) is 40.5 Å². The van der Waals surface area contributed by atoms with E-state index in [1.165, 1.54) is 0 Å². The maximum absolute atomic E-state index is 10.8. The monoisotopic (exact) mass is 508 g/mol. The lowest BCUT2D eigenvalue weighted by Crippen LogP contribution is -2.32. The molecule has 4 heteroatoms. The standard InChI is InChI=1S/C35H28N2O2/c38-33-22-21-30(39-25-26-13-5-1-6-14-26)23-31(33)32-24-36-34(37-32)35(27-15-7-2-8-16-27,28-17-9-3-10-18-28)29-19-11-4-12-20-29/h1-24,38H,25H2,(H,36,37). The molecule has 5 aromatic carbocycles. The highest BCUT2D eigenvalue weighted by Crippen LogP contribution is 2.44. The van der Waals surface area contributed by atoms with Crippen molar-refractivity contribution in [2.75, 3.05) is 0 Å². The molecule has 0 saturated heterocycles. The number of aromatic amines is 1. The minimum atomic E-state index is -0.695. The molecule has 6 aromatic rings. The Hall–Kier alpha value is -5.09. The van der Waals surface area contributed by atoms with Crippen LogP contribution in [-0.4, -0.2) is 15.1 Å². The minimum absolute atomic E-state index is 0.155. The number of aromatic nitrogens is 2. The van der Waals surface area contributed by atoms with Crippen LogP contribution in [0, 0.1) is 0 Å². The molecule has 0 spiro atoms. The molecule has 0 bridgehead atoms. The first kappa shape index (κ1) is 24.3.